The van der Waals surface area contributed by atoms with E-state index in [0.29, 0.717) is 16.2 Å². The molecule has 0 aliphatic heterocycles. The largest absolute Gasteiger partial charge is 0.436 e. The van der Waals surface area contributed by atoms with Gasteiger partial charge >= 0.3 is 0 Å². The zero-order valence-electron chi connectivity index (χ0n) is 10.8. The van der Waals surface area contributed by atoms with E-state index in [9.17, 15) is 4.39 Å². The highest BCUT2D eigenvalue weighted by Gasteiger charge is 2.09. The van der Waals surface area contributed by atoms with Crippen LogP contribution in [0.5, 0.6) is 11.6 Å². The molecule has 0 saturated heterocycles. The number of alkyl halides is 1. The number of halogens is 3. The average molecular weight is 367 g/mol. The maximum atomic E-state index is 13.8. The molecule has 0 saturated carbocycles. The minimum absolute atomic E-state index is 0.126. The monoisotopic (exact) mass is 365 g/mol. The van der Waals surface area contributed by atoms with Crippen molar-refractivity contribution in [2.24, 2.45) is 0 Å². The predicted octanol–water partition coefficient (Wildman–Crippen LogP) is 5.67. The molecule has 106 valence electrons. The Balaban J connectivity index is 2.04. The first-order valence-electron chi connectivity index (χ1n) is 6.25. The Morgan fingerprint density at radius 3 is 2.71 bits per heavy atom. The first-order valence-corrected chi connectivity index (χ1v) is 7.57. The van der Waals surface area contributed by atoms with Crippen LogP contribution in [0.1, 0.15) is 5.56 Å². The Hall–Kier alpha value is -1.65. The third-order valence-electron chi connectivity index (χ3n) is 3.03. The van der Waals surface area contributed by atoms with Crippen LogP contribution in [0.3, 0.4) is 0 Å². The van der Waals surface area contributed by atoms with Gasteiger partial charge in [-0.05, 0) is 29.8 Å². The Kier molecular flexibility index (Phi) is 4.08. The van der Waals surface area contributed by atoms with Crippen LogP contribution >= 0.6 is 27.5 Å². The standard InChI is InChI=1S/C16H10BrClFNO/c17-11-5-6-15(13(19)8-11)21-16-7-10(9-18)12-3-1-2-4-14(12)20-16/h1-8H,9H2. The number of benzene rings is 2. The molecule has 3 rings (SSSR count). The molecule has 0 aliphatic rings. The number of ether oxygens (including phenoxy) is 1. The number of hydrogen-bond acceptors (Lipinski definition) is 2. The molecule has 0 N–H and O–H groups in total. The molecule has 2 nitrogen and oxygen atoms in total. The molecule has 0 fully saturated rings. The van der Waals surface area contributed by atoms with Gasteiger partial charge in [-0.1, -0.05) is 34.1 Å². The summed E-state index contributed by atoms with van der Waals surface area (Å²) in [4.78, 5) is 4.38. The molecule has 0 aliphatic carbocycles. The van der Waals surface area contributed by atoms with Gasteiger partial charge in [0.1, 0.15) is 0 Å². The van der Waals surface area contributed by atoms with Crippen LogP contribution in [0.25, 0.3) is 10.9 Å². The molecule has 21 heavy (non-hydrogen) atoms. The Morgan fingerprint density at radius 2 is 1.95 bits per heavy atom. The van der Waals surface area contributed by atoms with Gasteiger partial charge in [-0.2, -0.15) is 0 Å². The third kappa shape index (κ3) is 3.01. The van der Waals surface area contributed by atoms with Crippen molar-refractivity contribution in [2.75, 3.05) is 0 Å². The zero-order valence-corrected chi connectivity index (χ0v) is 13.2. The lowest BCUT2D eigenvalue weighted by Gasteiger charge is -2.09. The van der Waals surface area contributed by atoms with Crippen molar-refractivity contribution in [3.05, 3.63) is 64.4 Å². The number of pyridine rings is 1. The van der Waals surface area contributed by atoms with Gasteiger partial charge in [0, 0.05) is 21.8 Å². The number of rotatable bonds is 3. The number of nitrogens with zero attached hydrogens (tertiary/aromatic N) is 1. The molecule has 3 aromatic rings. The van der Waals surface area contributed by atoms with E-state index in [0.717, 1.165) is 16.5 Å². The molecule has 0 spiro atoms. The lowest BCUT2D eigenvalue weighted by molar-refractivity contribution is 0.428. The molecular weight excluding hydrogens is 357 g/mol. The van der Waals surface area contributed by atoms with Crippen LogP contribution in [0.4, 0.5) is 4.39 Å². The van der Waals surface area contributed by atoms with E-state index in [2.05, 4.69) is 20.9 Å². The van der Waals surface area contributed by atoms with Crippen molar-refractivity contribution in [3.8, 4) is 11.6 Å². The molecule has 0 bridgehead atoms. The molecule has 0 amide bonds. The van der Waals surface area contributed by atoms with E-state index in [1.165, 1.54) is 6.07 Å². The van der Waals surface area contributed by atoms with E-state index in [-0.39, 0.29) is 5.75 Å². The van der Waals surface area contributed by atoms with Gasteiger partial charge < -0.3 is 4.74 Å². The average Bonchev–Trinajstić information content (AvgIpc) is 2.49. The fraction of sp³-hybridized carbons (Fsp3) is 0.0625. The predicted molar refractivity (Wildman–Crippen MR) is 85.5 cm³/mol. The second-order valence-corrected chi connectivity index (χ2v) is 5.63. The number of aromatic nitrogens is 1. The van der Waals surface area contributed by atoms with E-state index in [1.807, 2.05) is 24.3 Å². The first kappa shape index (κ1) is 14.3. The van der Waals surface area contributed by atoms with Gasteiger partial charge in [0.25, 0.3) is 0 Å². The smallest absolute Gasteiger partial charge is 0.220 e. The molecule has 0 unspecified atom stereocenters. The summed E-state index contributed by atoms with van der Waals surface area (Å²) in [6.07, 6.45) is 0. The van der Waals surface area contributed by atoms with Crippen LogP contribution < -0.4 is 4.74 Å². The van der Waals surface area contributed by atoms with E-state index in [4.69, 9.17) is 16.3 Å². The van der Waals surface area contributed by atoms with Crippen LogP contribution in [-0.4, -0.2) is 4.98 Å². The quantitative estimate of drug-likeness (QED) is 0.557. The molecule has 0 atom stereocenters. The fourth-order valence-electron chi connectivity index (χ4n) is 2.05. The van der Waals surface area contributed by atoms with Gasteiger partial charge in [-0.3, -0.25) is 0 Å². The fourth-order valence-corrected chi connectivity index (χ4v) is 2.61. The third-order valence-corrected chi connectivity index (χ3v) is 3.81. The van der Waals surface area contributed by atoms with E-state index >= 15 is 0 Å². The Morgan fingerprint density at radius 1 is 1.14 bits per heavy atom. The molecule has 1 heterocycles. The van der Waals surface area contributed by atoms with Crippen LogP contribution in [0.2, 0.25) is 0 Å². The van der Waals surface area contributed by atoms with Crippen molar-refractivity contribution in [3.63, 3.8) is 0 Å². The first-order chi connectivity index (χ1) is 10.2. The number of hydrogen-bond donors (Lipinski definition) is 0. The lowest BCUT2D eigenvalue weighted by atomic mass is 10.1. The maximum absolute atomic E-state index is 13.8. The van der Waals surface area contributed by atoms with E-state index in [1.54, 1.807) is 18.2 Å². The lowest BCUT2D eigenvalue weighted by Crippen LogP contribution is -1.94. The Bertz CT molecular complexity index is 809. The molecule has 1 aromatic heterocycles. The highest BCUT2D eigenvalue weighted by atomic mass is 79.9. The molecule has 0 radical (unpaired) electrons. The Labute approximate surface area is 134 Å². The summed E-state index contributed by atoms with van der Waals surface area (Å²) in [7, 11) is 0. The summed E-state index contributed by atoms with van der Waals surface area (Å²) in [6.45, 7) is 0. The number of para-hydroxylation sites is 1. The summed E-state index contributed by atoms with van der Waals surface area (Å²) in [5.41, 5.74) is 1.66. The second-order valence-electron chi connectivity index (χ2n) is 4.45. The minimum Gasteiger partial charge on any atom is -0.436 e. The van der Waals surface area contributed by atoms with Crippen LogP contribution in [0, 0.1) is 5.82 Å². The summed E-state index contributed by atoms with van der Waals surface area (Å²) >= 11 is 9.18. The van der Waals surface area contributed by atoms with Crippen molar-refractivity contribution in [2.45, 2.75) is 5.88 Å². The van der Waals surface area contributed by atoms with Gasteiger partial charge in [0.2, 0.25) is 5.88 Å². The zero-order chi connectivity index (χ0) is 14.8. The van der Waals surface area contributed by atoms with E-state index < -0.39 is 5.82 Å². The summed E-state index contributed by atoms with van der Waals surface area (Å²) in [5.74, 6) is 0.334. The molecule has 5 heteroatoms. The maximum Gasteiger partial charge on any atom is 0.220 e. The van der Waals surface area contributed by atoms with Crippen molar-refractivity contribution in [1.29, 1.82) is 0 Å². The topological polar surface area (TPSA) is 22.1 Å². The summed E-state index contributed by atoms with van der Waals surface area (Å²) in [5, 5.41) is 0.969. The van der Waals surface area contributed by atoms with Crippen LogP contribution in [-0.2, 0) is 5.88 Å². The van der Waals surface area contributed by atoms with Crippen molar-refractivity contribution in [1.82, 2.24) is 4.98 Å². The van der Waals surface area contributed by atoms with Gasteiger partial charge in [-0.25, -0.2) is 9.37 Å². The van der Waals surface area contributed by atoms with Crippen LogP contribution in [0.15, 0.2) is 53.0 Å². The normalized spacial score (nSPS) is 10.8. The second kappa shape index (κ2) is 6.00. The highest BCUT2D eigenvalue weighted by molar-refractivity contribution is 9.10. The van der Waals surface area contributed by atoms with Gasteiger partial charge in [0.05, 0.1) is 5.52 Å². The molecule has 2 aromatic carbocycles. The SMILES string of the molecule is Fc1cc(Br)ccc1Oc1cc(CCl)c2ccccc2n1. The highest BCUT2D eigenvalue weighted by Crippen LogP contribution is 2.29. The van der Waals surface area contributed by atoms with Gasteiger partial charge in [0.15, 0.2) is 11.6 Å². The minimum atomic E-state index is -0.452. The van der Waals surface area contributed by atoms with Crippen molar-refractivity contribution < 1.29 is 9.13 Å². The summed E-state index contributed by atoms with van der Waals surface area (Å²) in [6, 6.07) is 14.0. The van der Waals surface area contributed by atoms with Gasteiger partial charge in [-0.15, -0.1) is 11.6 Å². The summed E-state index contributed by atoms with van der Waals surface area (Å²) < 4.78 is 20.0. The van der Waals surface area contributed by atoms with Crippen molar-refractivity contribution >= 4 is 38.4 Å². The number of fused-ring (bicyclic) bond motifs is 1. The molecular formula is C16H10BrClFNO.